The van der Waals surface area contributed by atoms with Gasteiger partial charge in [-0.05, 0) is 12.5 Å². The van der Waals surface area contributed by atoms with Crippen molar-refractivity contribution >= 4 is 23.2 Å². The smallest absolute Gasteiger partial charge is 0.274 e. The number of nitro benzene ring substituents is 1. The van der Waals surface area contributed by atoms with E-state index in [1.165, 1.54) is 7.05 Å². The van der Waals surface area contributed by atoms with Crippen LogP contribution in [0.2, 0.25) is 0 Å². The molecule has 7 nitrogen and oxygen atoms in total. The second-order valence-corrected chi connectivity index (χ2v) is 4.48. The van der Waals surface area contributed by atoms with Crippen molar-refractivity contribution in [2.75, 3.05) is 12.4 Å². The SMILES string of the molecule is CN1C(=O)CCC(Nc2cc(F)cc([N+](=O)[O-])c2)C1=O. The van der Waals surface area contributed by atoms with Crippen molar-refractivity contribution in [2.24, 2.45) is 0 Å². The zero-order chi connectivity index (χ0) is 14.9. The highest BCUT2D eigenvalue weighted by molar-refractivity contribution is 6.01. The first-order valence-corrected chi connectivity index (χ1v) is 5.90. The molecule has 0 aliphatic carbocycles. The molecule has 1 saturated heterocycles. The number of hydrogen-bond acceptors (Lipinski definition) is 5. The molecule has 0 saturated carbocycles. The highest BCUT2D eigenvalue weighted by Gasteiger charge is 2.31. The second-order valence-electron chi connectivity index (χ2n) is 4.48. The Morgan fingerprint density at radius 1 is 1.40 bits per heavy atom. The first-order chi connectivity index (χ1) is 9.38. The van der Waals surface area contributed by atoms with Crippen molar-refractivity contribution in [1.29, 1.82) is 0 Å². The molecular weight excluding hydrogens is 269 g/mol. The Kier molecular flexibility index (Phi) is 3.64. The van der Waals surface area contributed by atoms with E-state index in [0.717, 1.165) is 23.1 Å². The topological polar surface area (TPSA) is 92.6 Å². The van der Waals surface area contributed by atoms with Gasteiger partial charge in [-0.25, -0.2) is 4.39 Å². The van der Waals surface area contributed by atoms with Crippen LogP contribution in [0.4, 0.5) is 15.8 Å². The van der Waals surface area contributed by atoms with Crippen molar-refractivity contribution in [1.82, 2.24) is 4.90 Å². The number of amides is 2. The van der Waals surface area contributed by atoms with E-state index in [1.54, 1.807) is 0 Å². The lowest BCUT2D eigenvalue weighted by molar-refractivity contribution is -0.385. The Bertz CT molecular complexity index is 590. The molecule has 1 aliphatic rings. The number of halogens is 1. The number of carbonyl (C=O) groups excluding carboxylic acids is 2. The average molecular weight is 281 g/mol. The third-order valence-corrected chi connectivity index (χ3v) is 3.08. The Labute approximate surface area is 113 Å². The van der Waals surface area contributed by atoms with Gasteiger partial charge < -0.3 is 5.32 Å². The number of likely N-dealkylation sites (N-methyl/N-ethyl adjacent to an activating group) is 1. The van der Waals surface area contributed by atoms with Crippen LogP contribution in [0.25, 0.3) is 0 Å². The summed E-state index contributed by atoms with van der Waals surface area (Å²) in [6.45, 7) is 0. The van der Waals surface area contributed by atoms with Crippen molar-refractivity contribution in [3.63, 3.8) is 0 Å². The van der Waals surface area contributed by atoms with Crippen LogP contribution in [0.3, 0.4) is 0 Å². The molecule has 20 heavy (non-hydrogen) atoms. The summed E-state index contributed by atoms with van der Waals surface area (Å²) in [4.78, 5) is 34.1. The normalized spacial score (nSPS) is 19.1. The van der Waals surface area contributed by atoms with E-state index in [2.05, 4.69) is 5.32 Å². The largest absolute Gasteiger partial charge is 0.373 e. The third-order valence-electron chi connectivity index (χ3n) is 3.08. The number of non-ortho nitro benzene ring substituents is 1. The van der Waals surface area contributed by atoms with E-state index in [9.17, 15) is 24.1 Å². The molecule has 1 fully saturated rings. The predicted octanol–water partition coefficient (Wildman–Crippen LogP) is 1.29. The van der Waals surface area contributed by atoms with Crippen LogP contribution in [0.5, 0.6) is 0 Å². The van der Waals surface area contributed by atoms with E-state index >= 15 is 0 Å². The molecule has 0 aromatic heterocycles. The average Bonchev–Trinajstić information content (AvgIpc) is 2.39. The number of anilines is 1. The summed E-state index contributed by atoms with van der Waals surface area (Å²) in [6.07, 6.45) is 0.462. The van der Waals surface area contributed by atoms with Gasteiger partial charge in [-0.15, -0.1) is 0 Å². The number of nitro groups is 1. The summed E-state index contributed by atoms with van der Waals surface area (Å²) >= 11 is 0. The van der Waals surface area contributed by atoms with E-state index in [1.807, 2.05) is 0 Å². The number of carbonyl (C=O) groups is 2. The van der Waals surface area contributed by atoms with Gasteiger partial charge in [0, 0.05) is 25.2 Å². The Balaban J connectivity index is 2.20. The Hall–Kier alpha value is -2.51. The van der Waals surface area contributed by atoms with Gasteiger partial charge in [-0.3, -0.25) is 24.6 Å². The van der Waals surface area contributed by atoms with Crippen molar-refractivity contribution in [3.8, 4) is 0 Å². The number of nitrogens with one attached hydrogen (secondary N) is 1. The van der Waals surface area contributed by atoms with E-state index in [0.29, 0.717) is 0 Å². The lowest BCUT2D eigenvalue weighted by Crippen LogP contribution is -2.48. The highest BCUT2D eigenvalue weighted by Crippen LogP contribution is 2.23. The molecular formula is C12H12FN3O4. The molecule has 1 unspecified atom stereocenters. The monoisotopic (exact) mass is 281 g/mol. The molecule has 1 aromatic rings. The maximum atomic E-state index is 13.3. The number of benzene rings is 1. The highest BCUT2D eigenvalue weighted by atomic mass is 19.1. The number of nitrogens with zero attached hydrogens (tertiary/aromatic N) is 2. The molecule has 2 amide bonds. The quantitative estimate of drug-likeness (QED) is 0.512. The maximum Gasteiger partial charge on any atom is 0.274 e. The fraction of sp³-hybridized carbons (Fsp3) is 0.333. The molecule has 106 valence electrons. The molecule has 1 aromatic carbocycles. The molecule has 0 bridgehead atoms. The van der Waals surface area contributed by atoms with Crippen molar-refractivity contribution in [2.45, 2.75) is 18.9 Å². The van der Waals surface area contributed by atoms with Crippen molar-refractivity contribution in [3.05, 3.63) is 34.1 Å². The molecule has 0 spiro atoms. The van der Waals surface area contributed by atoms with Crippen LogP contribution < -0.4 is 5.32 Å². The maximum absolute atomic E-state index is 13.3. The van der Waals surface area contributed by atoms with Gasteiger partial charge in [-0.2, -0.15) is 0 Å². The summed E-state index contributed by atoms with van der Waals surface area (Å²) in [5, 5.41) is 13.4. The van der Waals surface area contributed by atoms with Gasteiger partial charge in [0.1, 0.15) is 11.9 Å². The first-order valence-electron chi connectivity index (χ1n) is 5.90. The standard InChI is InChI=1S/C12H12FN3O4/c1-15-11(17)3-2-10(12(15)18)14-8-4-7(13)5-9(6-8)16(19)20/h4-6,10,14H,2-3H2,1H3. The minimum absolute atomic E-state index is 0.137. The van der Waals surface area contributed by atoms with E-state index in [4.69, 9.17) is 0 Å². The van der Waals surface area contributed by atoms with E-state index < -0.39 is 28.4 Å². The Morgan fingerprint density at radius 3 is 2.75 bits per heavy atom. The van der Waals surface area contributed by atoms with Crippen molar-refractivity contribution < 1.29 is 18.9 Å². The van der Waals surface area contributed by atoms with Crippen LogP contribution in [0.1, 0.15) is 12.8 Å². The fourth-order valence-corrected chi connectivity index (χ4v) is 2.01. The molecule has 0 radical (unpaired) electrons. The van der Waals surface area contributed by atoms with Crippen LogP contribution in [-0.4, -0.2) is 34.7 Å². The second kappa shape index (κ2) is 5.24. The van der Waals surface area contributed by atoms with Gasteiger partial charge in [-0.1, -0.05) is 0 Å². The molecule has 1 aliphatic heterocycles. The number of hydrogen-bond donors (Lipinski definition) is 1. The molecule has 2 rings (SSSR count). The van der Waals surface area contributed by atoms with Crippen LogP contribution in [0.15, 0.2) is 18.2 Å². The summed E-state index contributed by atoms with van der Waals surface area (Å²) in [5.74, 6) is -1.49. The molecule has 1 N–H and O–H groups in total. The molecule has 1 atom stereocenters. The van der Waals surface area contributed by atoms with Gasteiger partial charge in [0.2, 0.25) is 5.91 Å². The fourth-order valence-electron chi connectivity index (χ4n) is 2.01. The minimum Gasteiger partial charge on any atom is -0.373 e. The van der Waals surface area contributed by atoms with Gasteiger partial charge >= 0.3 is 0 Å². The Morgan fingerprint density at radius 2 is 2.10 bits per heavy atom. The summed E-state index contributed by atoms with van der Waals surface area (Å²) in [7, 11) is 1.37. The lowest BCUT2D eigenvalue weighted by Gasteiger charge is -2.28. The number of rotatable bonds is 3. The lowest BCUT2D eigenvalue weighted by atomic mass is 10.0. The van der Waals surface area contributed by atoms with Crippen LogP contribution in [0, 0.1) is 15.9 Å². The third kappa shape index (κ3) is 2.73. The number of likely N-dealkylation sites (tertiary alicyclic amines) is 1. The predicted molar refractivity (Wildman–Crippen MR) is 67.5 cm³/mol. The van der Waals surface area contributed by atoms with Gasteiger partial charge in [0.05, 0.1) is 11.0 Å². The zero-order valence-electron chi connectivity index (χ0n) is 10.6. The number of piperidine rings is 1. The zero-order valence-corrected chi connectivity index (χ0v) is 10.6. The summed E-state index contributed by atoms with van der Waals surface area (Å²) in [6, 6.07) is 2.31. The summed E-state index contributed by atoms with van der Waals surface area (Å²) in [5.41, 5.74) is -0.266. The van der Waals surface area contributed by atoms with Crippen LogP contribution in [-0.2, 0) is 9.59 Å². The molecule has 8 heteroatoms. The van der Waals surface area contributed by atoms with Gasteiger partial charge in [0.25, 0.3) is 11.6 Å². The molecule has 1 heterocycles. The van der Waals surface area contributed by atoms with Gasteiger partial charge in [0.15, 0.2) is 0 Å². The first kappa shape index (κ1) is 13.9. The van der Waals surface area contributed by atoms with Crippen LogP contribution >= 0.6 is 0 Å². The summed E-state index contributed by atoms with van der Waals surface area (Å²) < 4.78 is 13.3. The minimum atomic E-state index is -0.769. The number of imide groups is 1. The van der Waals surface area contributed by atoms with E-state index in [-0.39, 0.29) is 24.4 Å².